The molecule has 1 aromatic rings. The minimum absolute atomic E-state index is 0.0571. The molecule has 1 N–H and O–H groups in total. The van der Waals surface area contributed by atoms with Crippen molar-refractivity contribution in [3.8, 4) is 0 Å². The number of aryl methyl sites for hydroxylation is 2. The van der Waals surface area contributed by atoms with Gasteiger partial charge >= 0.3 is 0 Å². The minimum Gasteiger partial charge on any atom is -0.355 e. The zero-order valence-corrected chi connectivity index (χ0v) is 14.3. The van der Waals surface area contributed by atoms with E-state index in [4.69, 9.17) is 0 Å². The summed E-state index contributed by atoms with van der Waals surface area (Å²) in [5, 5.41) is 2.87. The molecule has 0 bridgehead atoms. The Morgan fingerprint density at radius 2 is 1.86 bits per heavy atom. The second kappa shape index (κ2) is 8.54. The fourth-order valence-corrected chi connectivity index (χ4v) is 2.20. The number of rotatable bonds is 7. The van der Waals surface area contributed by atoms with Gasteiger partial charge in [0.2, 0.25) is 11.8 Å². The van der Waals surface area contributed by atoms with Crippen LogP contribution < -0.4 is 10.2 Å². The molecule has 0 aliphatic rings. The maximum absolute atomic E-state index is 12.1. The number of hydrogen-bond donors (Lipinski definition) is 1. The Hall–Kier alpha value is -1.88. The number of benzene rings is 1. The highest BCUT2D eigenvalue weighted by atomic mass is 16.2. The summed E-state index contributed by atoms with van der Waals surface area (Å²) in [5.41, 5.74) is 2.86. The lowest BCUT2D eigenvalue weighted by atomic mass is 10.1. The van der Waals surface area contributed by atoms with Crippen LogP contribution in [-0.4, -0.2) is 50.4 Å². The molecule has 0 saturated heterocycles. The average molecular weight is 305 g/mol. The monoisotopic (exact) mass is 305 g/mol. The fraction of sp³-hybridized carbons (Fsp3) is 0.529. The Labute approximate surface area is 133 Å². The van der Waals surface area contributed by atoms with E-state index in [1.54, 1.807) is 0 Å². The summed E-state index contributed by atoms with van der Waals surface area (Å²) in [5.74, 6) is -0.257. The van der Waals surface area contributed by atoms with Crippen LogP contribution in [0.1, 0.15) is 24.5 Å². The van der Waals surface area contributed by atoms with Gasteiger partial charge in [0, 0.05) is 19.2 Å². The van der Waals surface area contributed by atoms with Crippen LogP contribution >= 0.6 is 0 Å². The van der Waals surface area contributed by atoms with E-state index in [1.807, 2.05) is 46.1 Å². The zero-order valence-electron chi connectivity index (χ0n) is 14.3. The molecule has 5 heteroatoms. The quantitative estimate of drug-likeness (QED) is 0.781. The molecule has 0 heterocycles. The lowest BCUT2D eigenvalue weighted by Crippen LogP contribution is -2.40. The summed E-state index contributed by atoms with van der Waals surface area (Å²) in [6.07, 6.45) is 0.891. The van der Waals surface area contributed by atoms with Crippen LogP contribution in [0.2, 0.25) is 0 Å². The molecule has 1 rings (SSSR count). The van der Waals surface area contributed by atoms with E-state index in [2.05, 4.69) is 10.2 Å². The predicted molar refractivity (Wildman–Crippen MR) is 90.1 cm³/mol. The van der Waals surface area contributed by atoms with Gasteiger partial charge in [-0.25, -0.2) is 0 Å². The first kappa shape index (κ1) is 18.2. The molecule has 0 aliphatic carbocycles. The van der Waals surface area contributed by atoms with Gasteiger partial charge in [0.05, 0.1) is 0 Å². The number of carbonyl (C=O) groups excluding carboxylic acids is 2. The van der Waals surface area contributed by atoms with Crippen molar-refractivity contribution in [1.29, 1.82) is 0 Å². The Bertz CT molecular complexity index is 527. The number of carbonyl (C=O) groups is 2. The molecule has 2 amide bonds. The second-order valence-corrected chi connectivity index (χ2v) is 5.90. The number of nitrogens with one attached hydrogen (secondary N) is 1. The first-order chi connectivity index (χ1) is 10.3. The van der Waals surface area contributed by atoms with Gasteiger partial charge < -0.3 is 15.1 Å². The molecule has 0 saturated carbocycles. The van der Waals surface area contributed by atoms with Gasteiger partial charge in [-0.2, -0.15) is 0 Å². The van der Waals surface area contributed by atoms with Gasteiger partial charge in [0.15, 0.2) is 0 Å². The first-order valence-corrected chi connectivity index (χ1v) is 7.58. The highest BCUT2D eigenvalue weighted by Crippen LogP contribution is 2.21. The fourth-order valence-electron chi connectivity index (χ4n) is 2.20. The zero-order chi connectivity index (χ0) is 16.7. The van der Waals surface area contributed by atoms with Crippen molar-refractivity contribution in [2.45, 2.75) is 27.2 Å². The number of anilines is 1. The molecule has 0 fully saturated rings. The smallest absolute Gasteiger partial charge is 0.240 e. The minimum atomic E-state index is -0.130. The summed E-state index contributed by atoms with van der Waals surface area (Å²) in [7, 11) is 4.00. The lowest BCUT2D eigenvalue weighted by Gasteiger charge is -2.23. The Morgan fingerprint density at radius 1 is 1.18 bits per heavy atom. The second-order valence-electron chi connectivity index (χ2n) is 5.90. The third kappa shape index (κ3) is 5.85. The van der Waals surface area contributed by atoms with Crippen molar-refractivity contribution in [3.63, 3.8) is 0 Å². The van der Waals surface area contributed by atoms with Crippen molar-refractivity contribution in [1.82, 2.24) is 10.2 Å². The largest absolute Gasteiger partial charge is 0.355 e. The van der Waals surface area contributed by atoms with Crippen LogP contribution in [0.15, 0.2) is 18.2 Å². The average Bonchev–Trinajstić information content (AvgIpc) is 2.43. The van der Waals surface area contributed by atoms with E-state index in [0.29, 0.717) is 6.54 Å². The normalized spacial score (nSPS) is 10.6. The van der Waals surface area contributed by atoms with Gasteiger partial charge in [-0.15, -0.1) is 0 Å². The van der Waals surface area contributed by atoms with Crippen LogP contribution in [0, 0.1) is 13.8 Å². The van der Waals surface area contributed by atoms with Crippen LogP contribution in [-0.2, 0) is 9.59 Å². The van der Waals surface area contributed by atoms with Crippen molar-refractivity contribution in [2.24, 2.45) is 0 Å². The van der Waals surface area contributed by atoms with Crippen LogP contribution in [0.3, 0.4) is 0 Å². The molecule has 0 atom stereocenters. The number of nitrogens with zero attached hydrogens (tertiary/aromatic N) is 2. The third-order valence-electron chi connectivity index (χ3n) is 3.44. The van der Waals surface area contributed by atoms with E-state index in [9.17, 15) is 9.59 Å². The van der Waals surface area contributed by atoms with E-state index < -0.39 is 0 Å². The molecule has 0 aliphatic heterocycles. The summed E-state index contributed by atoms with van der Waals surface area (Å²) in [4.78, 5) is 27.6. The molecule has 0 unspecified atom stereocenters. The van der Waals surface area contributed by atoms with Crippen molar-refractivity contribution in [3.05, 3.63) is 29.3 Å². The van der Waals surface area contributed by atoms with Gasteiger partial charge in [-0.1, -0.05) is 12.1 Å². The van der Waals surface area contributed by atoms with Gasteiger partial charge in [0.25, 0.3) is 0 Å². The lowest BCUT2D eigenvalue weighted by molar-refractivity contribution is -0.123. The summed E-state index contributed by atoms with van der Waals surface area (Å²) in [6, 6.07) is 5.91. The van der Waals surface area contributed by atoms with E-state index in [-0.39, 0.29) is 18.4 Å². The van der Waals surface area contributed by atoms with Crippen LogP contribution in [0.4, 0.5) is 5.69 Å². The topological polar surface area (TPSA) is 52.7 Å². The van der Waals surface area contributed by atoms with Gasteiger partial charge in [-0.05, 0) is 58.1 Å². The SMILES string of the molecule is CC(=O)N(CC(=O)NCCCN(C)C)c1cc(C)ccc1C. The molecule has 0 spiro atoms. The summed E-state index contributed by atoms with van der Waals surface area (Å²) < 4.78 is 0. The van der Waals surface area contributed by atoms with Gasteiger partial charge in [0.1, 0.15) is 6.54 Å². The standard InChI is InChI=1S/C17H27N3O2/c1-13-7-8-14(2)16(11-13)20(15(3)21)12-17(22)18-9-6-10-19(4)5/h7-8,11H,6,9-10,12H2,1-5H3,(H,18,22). The third-order valence-corrected chi connectivity index (χ3v) is 3.44. The molecule has 1 aromatic carbocycles. The van der Waals surface area contributed by atoms with E-state index in [0.717, 1.165) is 29.8 Å². The Kier molecular flexibility index (Phi) is 7.05. The number of hydrogen-bond acceptors (Lipinski definition) is 3. The van der Waals surface area contributed by atoms with E-state index >= 15 is 0 Å². The molecule has 122 valence electrons. The molecule has 0 radical (unpaired) electrons. The van der Waals surface area contributed by atoms with Crippen molar-refractivity contribution >= 4 is 17.5 Å². The Balaban J connectivity index is 2.67. The highest BCUT2D eigenvalue weighted by Gasteiger charge is 2.17. The molecular formula is C17H27N3O2. The van der Waals surface area contributed by atoms with Crippen molar-refractivity contribution < 1.29 is 9.59 Å². The first-order valence-electron chi connectivity index (χ1n) is 7.58. The summed E-state index contributed by atoms with van der Waals surface area (Å²) >= 11 is 0. The van der Waals surface area contributed by atoms with Crippen molar-refractivity contribution in [2.75, 3.05) is 38.6 Å². The Morgan fingerprint density at radius 3 is 2.45 bits per heavy atom. The summed E-state index contributed by atoms with van der Waals surface area (Å²) in [6.45, 7) is 7.01. The maximum atomic E-state index is 12.1. The predicted octanol–water partition coefficient (Wildman–Crippen LogP) is 1.72. The highest BCUT2D eigenvalue weighted by molar-refractivity contribution is 5.98. The molecule has 22 heavy (non-hydrogen) atoms. The van der Waals surface area contributed by atoms with Crippen LogP contribution in [0.25, 0.3) is 0 Å². The maximum Gasteiger partial charge on any atom is 0.240 e. The van der Waals surface area contributed by atoms with Crippen LogP contribution in [0.5, 0.6) is 0 Å². The number of amides is 2. The van der Waals surface area contributed by atoms with Gasteiger partial charge in [-0.3, -0.25) is 9.59 Å². The molecule has 5 nitrogen and oxygen atoms in total. The molecule has 0 aromatic heterocycles. The van der Waals surface area contributed by atoms with E-state index in [1.165, 1.54) is 11.8 Å². The molecular weight excluding hydrogens is 278 g/mol.